The van der Waals surface area contributed by atoms with Gasteiger partial charge < -0.3 is 15.3 Å². The molecule has 0 aliphatic rings. The Hall–Kier alpha value is -1.59. The molecule has 0 aliphatic carbocycles. The van der Waals surface area contributed by atoms with Gasteiger partial charge in [0.05, 0.1) is 11.0 Å². The van der Waals surface area contributed by atoms with Crippen LogP contribution < -0.4 is 11.0 Å². The first kappa shape index (κ1) is 13.8. The van der Waals surface area contributed by atoms with E-state index in [0.717, 1.165) is 24.1 Å². The van der Waals surface area contributed by atoms with Gasteiger partial charge in [-0.3, -0.25) is 4.90 Å². The fraction of sp³-hybridized carbons (Fsp3) is 0.500. The molecule has 0 saturated carbocycles. The number of nitrogens with one attached hydrogen (secondary N) is 3. The molecule has 0 amide bonds. The van der Waals surface area contributed by atoms with Gasteiger partial charge in [-0.25, -0.2) is 4.79 Å². The zero-order valence-corrected chi connectivity index (χ0v) is 12.0. The summed E-state index contributed by atoms with van der Waals surface area (Å²) < 4.78 is 0. The Balaban J connectivity index is 2.18. The summed E-state index contributed by atoms with van der Waals surface area (Å²) in [5.74, 6) is 0. The van der Waals surface area contributed by atoms with E-state index in [-0.39, 0.29) is 11.2 Å². The predicted molar refractivity (Wildman–Crippen MR) is 78.4 cm³/mol. The molecule has 0 saturated heterocycles. The fourth-order valence-corrected chi connectivity index (χ4v) is 2.23. The molecule has 1 aromatic heterocycles. The quantitative estimate of drug-likeness (QED) is 0.760. The molecule has 1 heterocycles. The van der Waals surface area contributed by atoms with E-state index >= 15 is 0 Å². The van der Waals surface area contributed by atoms with Crippen molar-refractivity contribution < 1.29 is 0 Å². The van der Waals surface area contributed by atoms with Gasteiger partial charge in [-0.15, -0.1) is 0 Å². The van der Waals surface area contributed by atoms with Crippen molar-refractivity contribution in [1.82, 2.24) is 20.2 Å². The molecule has 1 aromatic carbocycles. The number of hydrogen-bond donors (Lipinski definition) is 3. The van der Waals surface area contributed by atoms with E-state index in [9.17, 15) is 4.79 Å². The van der Waals surface area contributed by atoms with Crippen LogP contribution in [-0.2, 0) is 6.54 Å². The largest absolute Gasteiger partial charge is 0.323 e. The van der Waals surface area contributed by atoms with Crippen molar-refractivity contribution in [3.63, 3.8) is 0 Å². The Morgan fingerprint density at radius 1 is 1.26 bits per heavy atom. The van der Waals surface area contributed by atoms with E-state index in [1.165, 1.54) is 5.56 Å². The van der Waals surface area contributed by atoms with Crippen LogP contribution in [0.3, 0.4) is 0 Å². The molecule has 3 N–H and O–H groups in total. The van der Waals surface area contributed by atoms with E-state index in [4.69, 9.17) is 0 Å². The number of fused-ring (bicyclic) bond motifs is 1. The normalized spacial score (nSPS) is 12.5. The minimum absolute atomic E-state index is 0.0786. The van der Waals surface area contributed by atoms with Crippen LogP contribution in [0.1, 0.15) is 19.4 Å². The zero-order valence-electron chi connectivity index (χ0n) is 12.0. The van der Waals surface area contributed by atoms with Crippen LogP contribution in [0.5, 0.6) is 0 Å². The first-order valence-corrected chi connectivity index (χ1v) is 6.49. The average molecular weight is 262 g/mol. The van der Waals surface area contributed by atoms with Gasteiger partial charge in [0.25, 0.3) is 0 Å². The second-order valence-electron chi connectivity index (χ2n) is 5.66. The second-order valence-corrected chi connectivity index (χ2v) is 5.66. The van der Waals surface area contributed by atoms with Crippen LogP contribution in [0.25, 0.3) is 11.0 Å². The van der Waals surface area contributed by atoms with Crippen LogP contribution in [-0.4, -0.2) is 41.0 Å². The number of aromatic nitrogens is 2. The van der Waals surface area contributed by atoms with Crippen LogP contribution in [0, 0.1) is 0 Å². The molecule has 0 bridgehead atoms. The SMILES string of the molecule is CNCC(C)(C)N(C)Cc1ccc2[nH]c(=O)[nH]c2c1. The lowest BCUT2D eigenvalue weighted by atomic mass is 10.0. The summed E-state index contributed by atoms with van der Waals surface area (Å²) in [5.41, 5.74) is 2.83. The van der Waals surface area contributed by atoms with E-state index < -0.39 is 0 Å². The van der Waals surface area contributed by atoms with Gasteiger partial charge in [0.2, 0.25) is 0 Å². The van der Waals surface area contributed by atoms with E-state index in [2.05, 4.69) is 47.1 Å². The summed E-state index contributed by atoms with van der Waals surface area (Å²) in [6.45, 7) is 6.19. The number of likely N-dealkylation sites (N-methyl/N-ethyl adjacent to an activating group) is 2. The highest BCUT2D eigenvalue weighted by Crippen LogP contribution is 2.17. The smallest absolute Gasteiger partial charge is 0.318 e. The molecule has 0 unspecified atom stereocenters. The highest BCUT2D eigenvalue weighted by molar-refractivity contribution is 5.74. The molecule has 104 valence electrons. The van der Waals surface area contributed by atoms with E-state index in [0.29, 0.717) is 0 Å². The van der Waals surface area contributed by atoms with Crippen molar-refractivity contribution in [2.45, 2.75) is 25.9 Å². The third-order valence-corrected chi connectivity index (χ3v) is 3.64. The Morgan fingerprint density at radius 2 is 1.95 bits per heavy atom. The third kappa shape index (κ3) is 3.05. The summed E-state index contributed by atoms with van der Waals surface area (Å²) in [5, 5.41) is 3.21. The van der Waals surface area contributed by atoms with Crippen molar-refractivity contribution in [2.75, 3.05) is 20.6 Å². The molecule has 5 heteroatoms. The molecule has 2 aromatic rings. The highest BCUT2D eigenvalue weighted by atomic mass is 16.1. The average Bonchev–Trinajstić information content (AvgIpc) is 2.68. The summed E-state index contributed by atoms with van der Waals surface area (Å²) in [6, 6.07) is 6.03. The van der Waals surface area contributed by atoms with Gasteiger partial charge in [-0.05, 0) is 45.6 Å². The minimum atomic E-state index is -0.156. The van der Waals surface area contributed by atoms with Gasteiger partial charge in [0.15, 0.2) is 0 Å². The van der Waals surface area contributed by atoms with Gasteiger partial charge in [-0.2, -0.15) is 0 Å². The maximum absolute atomic E-state index is 11.2. The molecule has 0 radical (unpaired) electrons. The van der Waals surface area contributed by atoms with E-state index in [1.807, 2.05) is 19.2 Å². The summed E-state index contributed by atoms with van der Waals surface area (Å²) in [7, 11) is 4.08. The number of hydrogen-bond acceptors (Lipinski definition) is 3. The van der Waals surface area contributed by atoms with Crippen molar-refractivity contribution in [3.8, 4) is 0 Å². The Kier molecular flexibility index (Phi) is 3.78. The number of H-pyrrole nitrogens is 2. The van der Waals surface area contributed by atoms with Gasteiger partial charge in [-0.1, -0.05) is 6.07 Å². The van der Waals surface area contributed by atoms with Crippen LogP contribution >= 0.6 is 0 Å². The number of imidazole rings is 1. The molecular weight excluding hydrogens is 240 g/mol. The molecule has 19 heavy (non-hydrogen) atoms. The number of rotatable bonds is 5. The van der Waals surface area contributed by atoms with Crippen LogP contribution in [0.15, 0.2) is 23.0 Å². The number of aromatic amines is 2. The fourth-order valence-electron chi connectivity index (χ4n) is 2.23. The molecule has 0 fully saturated rings. The van der Waals surface area contributed by atoms with Gasteiger partial charge >= 0.3 is 5.69 Å². The first-order valence-electron chi connectivity index (χ1n) is 6.49. The summed E-state index contributed by atoms with van der Waals surface area (Å²) >= 11 is 0. The third-order valence-electron chi connectivity index (χ3n) is 3.64. The van der Waals surface area contributed by atoms with Crippen LogP contribution in [0.2, 0.25) is 0 Å². The van der Waals surface area contributed by atoms with Crippen molar-refractivity contribution >= 4 is 11.0 Å². The molecular formula is C14H22N4O. The molecule has 0 aliphatic heterocycles. The van der Waals surface area contributed by atoms with Crippen molar-refractivity contribution in [1.29, 1.82) is 0 Å². The van der Waals surface area contributed by atoms with Crippen molar-refractivity contribution in [3.05, 3.63) is 34.2 Å². The standard InChI is InChI=1S/C14H22N4O/c1-14(2,9-15-3)18(4)8-10-5-6-11-12(7-10)17-13(19)16-11/h5-7,15H,8-9H2,1-4H3,(H2,16,17,19). The van der Waals surface area contributed by atoms with E-state index in [1.54, 1.807) is 0 Å². The monoisotopic (exact) mass is 262 g/mol. The maximum Gasteiger partial charge on any atom is 0.323 e. The summed E-state index contributed by atoms with van der Waals surface area (Å²) in [6.07, 6.45) is 0. The van der Waals surface area contributed by atoms with Crippen LogP contribution in [0.4, 0.5) is 0 Å². The highest BCUT2D eigenvalue weighted by Gasteiger charge is 2.22. The first-order chi connectivity index (χ1) is 8.92. The zero-order chi connectivity index (χ0) is 14.0. The summed E-state index contributed by atoms with van der Waals surface area (Å²) in [4.78, 5) is 19.1. The Labute approximate surface area is 113 Å². The molecule has 0 spiro atoms. The predicted octanol–water partition coefficient (Wildman–Crippen LogP) is 1.29. The number of nitrogens with zero attached hydrogens (tertiary/aromatic N) is 1. The molecule has 5 nitrogen and oxygen atoms in total. The maximum atomic E-state index is 11.2. The van der Waals surface area contributed by atoms with Gasteiger partial charge in [0, 0.05) is 18.6 Å². The Bertz CT molecular complexity index is 611. The Morgan fingerprint density at radius 3 is 2.63 bits per heavy atom. The lowest BCUT2D eigenvalue weighted by Gasteiger charge is -2.35. The second kappa shape index (κ2) is 5.19. The molecule has 0 atom stereocenters. The molecule has 2 rings (SSSR count). The lowest BCUT2D eigenvalue weighted by Crippen LogP contribution is -2.47. The van der Waals surface area contributed by atoms with Gasteiger partial charge in [0.1, 0.15) is 0 Å². The number of benzene rings is 1. The minimum Gasteiger partial charge on any atom is -0.318 e. The topological polar surface area (TPSA) is 63.9 Å². The lowest BCUT2D eigenvalue weighted by molar-refractivity contribution is 0.147. The van der Waals surface area contributed by atoms with Crippen molar-refractivity contribution in [2.24, 2.45) is 0 Å².